The van der Waals surface area contributed by atoms with Crippen LogP contribution >= 0.6 is 23.8 Å². The fourth-order valence-corrected chi connectivity index (χ4v) is 3.23. The summed E-state index contributed by atoms with van der Waals surface area (Å²) in [5.41, 5.74) is 0.680. The molecule has 0 atom stereocenters. The van der Waals surface area contributed by atoms with Crippen molar-refractivity contribution in [3.05, 3.63) is 33.3 Å². The number of hydrogen-bond acceptors (Lipinski definition) is 6. The topological polar surface area (TPSA) is 62.1 Å². The van der Waals surface area contributed by atoms with Crippen LogP contribution in [0.25, 0.3) is 0 Å². The van der Waals surface area contributed by atoms with E-state index >= 15 is 0 Å². The molecule has 2 aliphatic heterocycles. The summed E-state index contributed by atoms with van der Waals surface area (Å²) in [5.74, 6) is 0. The van der Waals surface area contributed by atoms with E-state index in [1.807, 2.05) is 9.80 Å². The number of nitro groups is 1. The molecule has 1 aromatic rings. The van der Waals surface area contributed by atoms with Crippen LogP contribution in [0, 0.1) is 10.1 Å². The van der Waals surface area contributed by atoms with Crippen molar-refractivity contribution in [3.8, 4) is 0 Å². The van der Waals surface area contributed by atoms with Crippen molar-refractivity contribution in [2.75, 3.05) is 50.9 Å². The summed E-state index contributed by atoms with van der Waals surface area (Å²) in [6, 6.07) is 4.82. The smallest absolute Gasteiger partial charge is 0.294 e. The van der Waals surface area contributed by atoms with Gasteiger partial charge in [-0.05, 0) is 24.4 Å². The molecule has 0 unspecified atom stereocenters. The van der Waals surface area contributed by atoms with Crippen molar-refractivity contribution in [2.24, 2.45) is 0 Å². The van der Waals surface area contributed by atoms with E-state index in [-0.39, 0.29) is 10.6 Å². The van der Waals surface area contributed by atoms with Crippen LogP contribution in [-0.2, 0) is 4.74 Å². The third-order valence-corrected chi connectivity index (χ3v) is 4.67. The maximum atomic E-state index is 11.2. The predicted octanol–water partition coefficient (Wildman–Crippen LogP) is 1.94. The molecule has 0 saturated carbocycles. The SMILES string of the molecule is O=[N+]([O-])c1cc(Cl)ccc1N1CCN(CN2CCOC2=S)CC1. The van der Waals surface area contributed by atoms with Gasteiger partial charge in [0.15, 0.2) is 0 Å². The number of hydrogen-bond donors (Lipinski definition) is 0. The Morgan fingerprint density at radius 3 is 2.61 bits per heavy atom. The van der Waals surface area contributed by atoms with Gasteiger partial charge in [0.05, 0.1) is 18.1 Å². The molecule has 2 aliphatic rings. The summed E-state index contributed by atoms with van der Waals surface area (Å²) in [5, 5.41) is 12.2. The van der Waals surface area contributed by atoms with Gasteiger partial charge in [-0.2, -0.15) is 0 Å². The Morgan fingerprint density at radius 2 is 2.00 bits per heavy atom. The van der Waals surface area contributed by atoms with Gasteiger partial charge >= 0.3 is 0 Å². The molecule has 2 heterocycles. The molecule has 9 heteroatoms. The Hall–Kier alpha value is -1.64. The van der Waals surface area contributed by atoms with E-state index in [0.717, 1.165) is 39.4 Å². The Labute approximate surface area is 144 Å². The van der Waals surface area contributed by atoms with Gasteiger partial charge < -0.3 is 14.5 Å². The van der Waals surface area contributed by atoms with Gasteiger partial charge in [0.1, 0.15) is 12.3 Å². The van der Waals surface area contributed by atoms with Gasteiger partial charge in [0, 0.05) is 37.3 Å². The average Bonchev–Trinajstić information content (AvgIpc) is 2.93. The number of thiocarbonyl (C=S) groups is 1. The lowest BCUT2D eigenvalue weighted by Gasteiger charge is -2.37. The van der Waals surface area contributed by atoms with E-state index in [1.54, 1.807) is 12.1 Å². The number of piperazine rings is 1. The quantitative estimate of drug-likeness (QED) is 0.464. The van der Waals surface area contributed by atoms with Gasteiger partial charge in [-0.3, -0.25) is 15.0 Å². The Bertz CT molecular complexity index is 622. The maximum Gasteiger partial charge on any atom is 0.294 e. The second kappa shape index (κ2) is 6.86. The maximum absolute atomic E-state index is 11.2. The molecule has 1 aromatic carbocycles. The molecule has 0 aliphatic carbocycles. The van der Waals surface area contributed by atoms with E-state index in [1.165, 1.54) is 6.07 Å². The third kappa shape index (κ3) is 3.65. The minimum Gasteiger partial charge on any atom is -0.469 e. The minimum absolute atomic E-state index is 0.0556. The fraction of sp³-hybridized carbons (Fsp3) is 0.500. The van der Waals surface area contributed by atoms with Crippen LogP contribution in [0.3, 0.4) is 0 Å². The monoisotopic (exact) mass is 356 g/mol. The van der Waals surface area contributed by atoms with Crippen molar-refractivity contribution in [1.82, 2.24) is 9.80 Å². The van der Waals surface area contributed by atoms with E-state index < -0.39 is 0 Å². The number of benzene rings is 1. The van der Waals surface area contributed by atoms with Crippen molar-refractivity contribution in [1.29, 1.82) is 0 Å². The van der Waals surface area contributed by atoms with Crippen LogP contribution in [0.5, 0.6) is 0 Å². The van der Waals surface area contributed by atoms with Crippen LogP contribution in [0.1, 0.15) is 0 Å². The summed E-state index contributed by atoms with van der Waals surface area (Å²) in [6.45, 7) is 5.30. The molecule has 3 rings (SSSR count). The molecule has 0 N–H and O–H groups in total. The molecule has 124 valence electrons. The van der Waals surface area contributed by atoms with Crippen LogP contribution in [0.4, 0.5) is 11.4 Å². The van der Waals surface area contributed by atoms with Crippen molar-refractivity contribution in [3.63, 3.8) is 0 Å². The van der Waals surface area contributed by atoms with Gasteiger partial charge in [0.2, 0.25) is 0 Å². The van der Waals surface area contributed by atoms with Gasteiger partial charge in [0.25, 0.3) is 10.9 Å². The van der Waals surface area contributed by atoms with Crippen LogP contribution in [0.15, 0.2) is 18.2 Å². The van der Waals surface area contributed by atoms with E-state index in [9.17, 15) is 10.1 Å². The zero-order chi connectivity index (χ0) is 16.4. The molecule has 7 nitrogen and oxygen atoms in total. The number of ether oxygens (including phenoxy) is 1. The Morgan fingerprint density at radius 1 is 1.26 bits per heavy atom. The molecule has 0 amide bonds. The van der Waals surface area contributed by atoms with Crippen LogP contribution < -0.4 is 4.90 Å². The van der Waals surface area contributed by atoms with E-state index in [4.69, 9.17) is 28.6 Å². The number of halogens is 1. The summed E-state index contributed by atoms with van der Waals surface area (Å²) < 4.78 is 5.28. The van der Waals surface area contributed by atoms with Crippen molar-refractivity contribution in [2.45, 2.75) is 0 Å². The van der Waals surface area contributed by atoms with Crippen molar-refractivity contribution >= 4 is 40.4 Å². The molecule has 2 saturated heterocycles. The first-order valence-corrected chi connectivity index (χ1v) is 8.16. The lowest BCUT2D eigenvalue weighted by Crippen LogP contribution is -2.50. The zero-order valence-corrected chi connectivity index (χ0v) is 14.1. The first-order chi connectivity index (χ1) is 11.0. The average molecular weight is 357 g/mol. The number of rotatable bonds is 4. The molecule has 23 heavy (non-hydrogen) atoms. The fourth-order valence-electron chi connectivity index (χ4n) is 2.84. The van der Waals surface area contributed by atoms with Crippen LogP contribution in [0.2, 0.25) is 5.02 Å². The Balaban J connectivity index is 1.63. The summed E-state index contributed by atoms with van der Waals surface area (Å²) in [6.07, 6.45) is 0. The first kappa shape index (κ1) is 16.2. The summed E-state index contributed by atoms with van der Waals surface area (Å²) >= 11 is 11.0. The predicted molar refractivity (Wildman–Crippen MR) is 92.0 cm³/mol. The number of nitrogens with zero attached hydrogens (tertiary/aromatic N) is 4. The molecule has 0 aromatic heterocycles. The second-order valence-corrected chi connectivity index (χ2v) is 6.30. The third-order valence-electron chi connectivity index (χ3n) is 4.06. The molecule has 2 fully saturated rings. The van der Waals surface area contributed by atoms with E-state index in [2.05, 4.69) is 4.90 Å². The minimum atomic E-state index is -0.381. The molecule has 0 bridgehead atoms. The van der Waals surface area contributed by atoms with Crippen LogP contribution in [-0.4, -0.2) is 65.9 Å². The lowest BCUT2D eigenvalue weighted by atomic mass is 10.2. The van der Waals surface area contributed by atoms with E-state index in [0.29, 0.717) is 22.5 Å². The number of anilines is 1. The summed E-state index contributed by atoms with van der Waals surface area (Å²) in [7, 11) is 0. The highest BCUT2D eigenvalue weighted by atomic mass is 35.5. The van der Waals surface area contributed by atoms with Gasteiger partial charge in [-0.1, -0.05) is 11.6 Å². The Kier molecular flexibility index (Phi) is 4.84. The highest BCUT2D eigenvalue weighted by molar-refractivity contribution is 7.80. The highest BCUT2D eigenvalue weighted by Gasteiger charge is 2.26. The molecule has 0 spiro atoms. The zero-order valence-electron chi connectivity index (χ0n) is 12.5. The van der Waals surface area contributed by atoms with Crippen molar-refractivity contribution < 1.29 is 9.66 Å². The van der Waals surface area contributed by atoms with Gasteiger partial charge in [-0.25, -0.2) is 0 Å². The number of nitro benzene ring substituents is 1. The lowest BCUT2D eigenvalue weighted by molar-refractivity contribution is -0.384. The second-order valence-electron chi connectivity index (χ2n) is 5.51. The standard InChI is InChI=1S/C14H17ClN4O3S/c15-11-1-2-12(13(9-11)19(20)21)17-5-3-16(4-6-17)10-18-7-8-22-14(18)23/h1-2,9H,3-8,10H2. The summed E-state index contributed by atoms with van der Waals surface area (Å²) in [4.78, 5) is 17.2. The molecular weight excluding hydrogens is 340 g/mol. The molecular formula is C14H17ClN4O3S. The normalized spacial score (nSPS) is 19.1. The first-order valence-electron chi connectivity index (χ1n) is 7.37. The highest BCUT2D eigenvalue weighted by Crippen LogP contribution is 2.31. The molecule has 0 radical (unpaired) electrons. The van der Waals surface area contributed by atoms with Gasteiger partial charge in [-0.15, -0.1) is 0 Å². The largest absolute Gasteiger partial charge is 0.469 e.